The summed E-state index contributed by atoms with van der Waals surface area (Å²) in [4.78, 5) is 2.47. The van der Waals surface area contributed by atoms with Crippen LogP contribution < -0.4 is 4.90 Å². The number of para-hydroxylation sites is 2. The fourth-order valence-electron chi connectivity index (χ4n) is 11.1. The Morgan fingerprint density at radius 1 is 0.426 bits per heavy atom. The number of hydrogen-bond acceptors (Lipinski definition) is 1. The maximum atomic E-state index is 2.51. The van der Waals surface area contributed by atoms with Crippen molar-refractivity contribution < 1.29 is 0 Å². The Balaban J connectivity index is 1.02. The number of allylic oxidation sites excluding steroid dienone is 4. The van der Waals surface area contributed by atoms with Gasteiger partial charge in [-0.1, -0.05) is 158 Å². The van der Waals surface area contributed by atoms with Crippen molar-refractivity contribution in [2.24, 2.45) is 0 Å². The third kappa shape index (κ3) is 4.91. The van der Waals surface area contributed by atoms with Crippen molar-refractivity contribution in [3.63, 3.8) is 0 Å². The summed E-state index contributed by atoms with van der Waals surface area (Å²) >= 11 is 0. The van der Waals surface area contributed by atoms with Crippen molar-refractivity contribution in [2.75, 3.05) is 4.90 Å². The van der Waals surface area contributed by atoms with Gasteiger partial charge >= 0.3 is 0 Å². The molecule has 1 aromatic heterocycles. The highest BCUT2D eigenvalue weighted by atomic mass is 15.1. The lowest BCUT2D eigenvalue weighted by atomic mass is 9.69. The van der Waals surface area contributed by atoms with E-state index >= 15 is 0 Å². The van der Waals surface area contributed by atoms with Crippen molar-refractivity contribution in [3.8, 4) is 27.9 Å². The molecular weight excluding hydrogens is 737 g/mol. The van der Waals surface area contributed by atoms with E-state index in [4.69, 9.17) is 0 Å². The van der Waals surface area contributed by atoms with Crippen molar-refractivity contribution in [1.29, 1.82) is 0 Å². The Morgan fingerprint density at radius 3 is 2.00 bits per heavy atom. The van der Waals surface area contributed by atoms with Crippen LogP contribution in [0.4, 0.5) is 17.1 Å². The zero-order valence-corrected chi connectivity index (χ0v) is 33.6. The van der Waals surface area contributed by atoms with Crippen molar-refractivity contribution >= 4 is 55.2 Å². The first-order valence-corrected chi connectivity index (χ1v) is 21.5. The van der Waals surface area contributed by atoms with Gasteiger partial charge in [-0.05, 0) is 140 Å². The normalized spacial score (nSPS) is 16.0. The minimum Gasteiger partial charge on any atom is -0.310 e. The molecule has 61 heavy (non-hydrogen) atoms. The molecule has 0 saturated heterocycles. The molecule has 1 heterocycles. The minimum absolute atomic E-state index is 0.381. The number of aromatic nitrogens is 1. The average molecular weight is 777 g/mol. The highest BCUT2D eigenvalue weighted by molar-refractivity contribution is 6.10. The van der Waals surface area contributed by atoms with Gasteiger partial charge < -0.3 is 9.47 Å². The predicted octanol–water partition coefficient (Wildman–Crippen LogP) is 15.5. The van der Waals surface area contributed by atoms with Gasteiger partial charge in [0.15, 0.2) is 0 Å². The topological polar surface area (TPSA) is 8.17 Å². The van der Waals surface area contributed by atoms with Gasteiger partial charge in [0.1, 0.15) is 0 Å². The van der Waals surface area contributed by atoms with Crippen molar-refractivity contribution in [2.45, 2.75) is 18.3 Å². The van der Waals surface area contributed by atoms with Crippen LogP contribution in [-0.4, -0.2) is 4.57 Å². The lowest BCUT2D eigenvalue weighted by Crippen LogP contribution is -2.27. The Morgan fingerprint density at radius 2 is 1.10 bits per heavy atom. The van der Waals surface area contributed by atoms with Crippen LogP contribution in [0.15, 0.2) is 224 Å². The van der Waals surface area contributed by atoms with Gasteiger partial charge in [-0.25, -0.2) is 0 Å². The van der Waals surface area contributed by atoms with E-state index in [0.29, 0.717) is 0 Å². The van der Waals surface area contributed by atoms with E-state index in [-0.39, 0.29) is 5.41 Å². The minimum atomic E-state index is -0.381. The zero-order chi connectivity index (χ0) is 40.1. The first kappa shape index (κ1) is 34.2. The number of benzene rings is 9. The molecule has 0 bridgehead atoms. The van der Waals surface area contributed by atoms with Gasteiger partial charge in [-0.2, -0.15) is 0 Å². The molecule has 9 aromatic carbocycles. The van der Waals surface area contributed by atoms with Gasteiger partial charge in [0, 0.05) is 33.5 Å². The van der Waals surface area contributed by atoms with Crippen LogP contribution >= 0.6 is 0 Å². The standard InChI is InChI=1S/C59H40N2/c1-2-18-43(19-3-1)61-57-28-13-9-24-51(57)52-33-30-42(37-58(52)61)41-17-14-20-44(36-41)60(45-31-29-39-15-4-5-16-40(39)35-45)46-32-34-50-49-23-8-12-27-55(49)59(56(50)38-46)53-25-10-6-21-47(53)48-22-7-11-26-54(48)59/h1-6,8-21,23-38H,7,22H2. The molecular formula is C59H40N2. The molecule has 0 amide bonds. The van der Waals surface area contributed by atoms with E-state index in [1.165, 1.54) is 88.2 Å². The van der Waals surface area contributed by atoms with E-state index < -0.39 is 0 Å². The number of nitrogens with zero attached hydrogens (tertiary/aromatic N) is 2. The SMILES string of the molecule is C1=CC2=C(CC1)c1ccccc1C21c2ccccc2-c2ccc(N(c3cccc(-c4ccc5c6ccccc6n(-c6ccccc6)c5c4)c3)c3ccc4ccccc4c3)cc21. The second-order valence-corrected chi connectivity index (χ2v) is 16.7. The summed E-state index contributed by atoms with van der Waals surface area (Å²) in [6, 6.07) is 76.7. The molecule has 3 aliphatic carbocycles. The summed E-state index contributed by atoms with van der Waals surface area (Å²) in [6.07, 6.45) is 6.97. The van der Waals surface area contributed by atoms with Crippen molar-refractivity contribution in [3.05, 3.63) is 246 Å². The molecule has 286 valence electrons. The molecule has 0 aliphatic heterocycles. The maximum Gasteiger partial charge on any atom is 0.0722 e. The van der Waals surface area contributed by atoms with Crippen LogP contribution in [0.5, 0.6) is 0 Å². The fraction of sp³-hybridized carbons (Fsp3) is 0.0508. The van der Waals surface area contributed by atoms with Crippen LogP contribution in [0.1, 0.15) is 35.1 Å². The van der Waals surface area contributed by atoms with E-state index in [1.54, 1.807) is 0 Å². The van der Waals surface area contributed by atoms with Crippen LogP contribution in [0, 0.1) is 0 Å². The van der Waals surface area contributed by atoms with Crippen LogP contribution in [0.2, 0.25) is 0 Å². The molecule has 1 spiro atoms. The molecule has 0 N–H and O–H groups in total. The first-order valence-electron chi connectivity index (χ1n) is 21.5. The monoisotopic (exact) mass is 776 g/mol. The molecule has 1 atom stereocenters. The Hall–Kier alpha value is -7.68. The van der Waals surface area contributed by atoms with Gasteiger partial charge in [0.05, 0.1) is 16.4 Å². The largest absolute Gasteiger partial charge is 0.310 e. The molecule has 0 radical (unpaired) electrons. The summed E-state index contributed by atoms with van der Waals surface area (Å²) in [6.45, 7) is 0. The summed E-state index contributed by atoms with van der Waals surface area (Å²) in [5, 5.41) is 4.97. The number of rotatable bonds is 5. The molecule has 2 heteroatoms. The van der Waals surface area contributed by atoms with E-state index in [0.717, 1.165) is 35.6 Å². The smallest absolute Gasteiger partial charge is 0.0722 e. The number of fused-ring (bicyclic) bond motifs is 13. The summed E-state index contributed by atoms with van der Waals surface area (Å²) < 4.78 is 2.40. The second kappa shape index (κ2) is 13.2. The lowest BCUT2D eigenvalue weighted by molar-refractivity contribution is 0.780. The van der Waals surface area contributed by atoms with E-state index in [1.807, 2.05) is 0 Å². The van der Waals surface area contributed by atoms with Gasteiger partial charge in [0.25, 0.3) is 0 Å². The van der Waals surface area contributed by atoms with Crippen LogP contribution in [-0.2, 0) is 5.41 Å². The summed E-state index contributed by atoms with van der Waals surface area (Å²) in [5.41, 5.74) is 20.1. The average Bonchev–Trinajstić information content (AvgIpc) is 3.93. The number of anilines is 3. The zero-order valence-electron chi connectivity index (χ0n) is 33.6. The highest BCUT2D eigenvalue weighted by Crippen LogP contribution is 2.64. The van der Waals surface area contributed by atoms with Crippen LogP contribution in [0.3, 0.4) is 0 Å². The molecule has 13 rings (SSSR count). The molecule has 3 aliphatic rings. The summed E-state index contributed by atoms with van der Waals surface area (Å²) in [5.74, 6) is 0. The molecule has 2 nitrogen and oxygen atoms in total. The van der Waals surface area contributed by atoms with Crippen LogP contribution in [0.25, 0.3) is 66.1 Å². The Bertz CT molecular complexity index is 3490. The third-order valence-corrected chi connectivity index (χ3v) is 13.6. The molecule has 1 unspecified atom stereocenters. The molecule has 10 aromatic rings. The van der Waals surface area contributed by atoms with Crippen molar-refractivity contribution in [1.82, 2.24) is 4.57 Å². The van der Waals surface area contributed by atoms with Gasteiger partial charge in [-0.3, -0.25) is 0 Å². The molecule has 0 saturated carbocycles. The quantitative estimate of drug-likeness (QED) is 0.169. The van der Waals surface area contributed by atoms with Gasteiger partial charge in [-0.15, -0.1) is 0 Å². The number of hydrogen-bond donors (Lipinski definition) is 0. The predicted molar refractivity (Wildman–Crippen MR) is 255 cm³/mol. The molecule has 0 fully saturated rings. The fourth-order valence-corrected chi connectivity index (χ4v) is 11.1. The first-order chi connectivity index (χ1) is 30.3. The second-order valence-electron chi connectivity index (χ2n) is 16.7. The van der Waals surface area contributed by atoms with Gasteiger partial charge in [0.2, 0.25) is 0 Å². The summed E-state index contributed by atoms with van der Waals surface area (Å²) in [7, 11) is 0. The van der Waals surface area contributed by atoms with E-state index in [9.17, 15) is 0 Å². The Labute approximate surface area is 355 Å². The highest BCUT2D eigenvalue weighted by Gasteiger charge is 2.52. The third-order valence-electron chi connectivity index (χ3n) is 13.6. The van der Waals surface area contributed by atoms with E-state index in [2.05, 4.69) is 228 Å². The maximum absolute atomic E-state index is 2.51. The lowest BCUT2D eigenvalue weighted by Gasteiger charge is -2.33. The Kier molecular flexibility index (Phi) is 7.38.